The normalized spacial score (nSPS) is 20.1. The minimum atomic E-state index is -0.622. The van der Waals surface area contributed by atoms with Crippen molar-refractivity contribution in [3.8, 4) is 0 Å². The number of hydrogen-bond donors (Lipinski definition) is 1. The van der Waals surface area contributed by atoms with Gasteiger partial charge in [0.25, 0.3) is 0 Å². The van der Waals surface area contributed by atoms with Crippen LogP contribution in [0.5, 0.6) is 0 Å². The highest BCUT2D eigenvalue weighted by molar-refractivity contribution is 9.10. The molecule has 0 radical (unpaired) electrons. The topological polar surface area (TPSA) is 49.4 Å². The van der Waals surface area contributed by atoms with Crippen molar-refractivity contribution < 1.29 is 14.0 Å². The van der Waals surface area contributed by atoms with Gasteiger partial charge in [-0.15, -0.1) is 0 Å². The summed E-state index contributed by atoms with van der Waals surface area (Å²) in [6.45, 7) is 3.88. The maximum atomic E-state index is 14.0. The van der Waals surface area contributed by atoms with Crippen molar-refractivity contribution in [2.45, 2.75) is 26.3 Å². The standard InChI is InChI=1S/C14H16BrFN2O2/c1-8(2)13-14(20)18(6-5-12(19)17-13)11-7-9(15)3-4-10(11)16/h3-4,7-8,13H,5-6H2,1-2H3,(H,17,19). The van der Waals surface area contributed by atoms with E-state index in [1.165, 1.54) is 11.0 Å². The lowest BCUT2D eigenvalue weighted by molar-refractivity contribution is -0.126. The fourth-order valence-electron chi connectivity index (χ4n) is 2.18. The third-order valence-corrected chi connectivity index (χ3v) is 3.77. The van der Waals surface area contributed by atoms with E-state index in [-0.39, 0.29) is 36.4 Å². The number of anilines is 1. The molecule has 1 fully saturated rings. The van der Waals surface area contributed by atoms with E-state index >= 15 is 0 Å². The molecule has 1 N–H and O–H groups in total. The zero-order chi connectivity index (χ0) is 14.9. The van der Waals surface area contributed by atoms with E-state index in [0.29, 0.717) is 4.47 Å². The van der Waals surface area contributed by atoms with Gasteiger partial charge in [-0.25, -0.2) is 4.39 Å². The number of nitrogens with one attached hydrogen (secondary N) is 1. The van der Waals surface area contributed by atoms with Crippen LogP contribution in [0.15, 0.2) is 22.7 Å². The smallest absolute Gasteiger partial charge is 0.249 e. The molecule has 1 heterocycles. The molecule has 1 aliphatic rings. The molecule has 1 atom stereocenters. The van der Waals surface area contributed by atoms with Gasteiger partial charge in [-0.2, -0.15) is 0 Å². The molecule has 108 valence electrons. The lowest BCUT2D eigenvalue weighted by atomic mass is 10.0. The van der Waals surface area contributed by atoms with Crippen LogP contribution in [0.2, 0.25) is 0 Å². The second-order valence-corrected chi connectivity index (χ2v) is 6.04. The average molecular weight is 343 g/mol. The van der Waals surface area contributed by atoms with Gasteiger partial charge in [-0.05, 0) is 24.1 Å². The van der Waals surface area contributed by atoms with Gasteiger partial charge >= 0.3 is 0 Å². The van der Waals surface area contributed by atoms with Crippen LogP contribution in [-0.2, 0) is 9.59 Å². The van der Waals surface area contributed by atoms with E-state index in [2.05, 4.69) is 21.2 Å². The maximum absolute atomic E-state index is 14.0. The van der Waals surface area contributed by atoms with E-state index < -0.39 is 11.9 Å². The number of hydrogen-bond acceptors (Lipinski definition) is 2. The number of carbonyl (C=O) groups excluding carboxylic acids is 2. The summed E-state index contributed by atoms with van der Waals surface area (Å²) in [5, 5.41) is 2.70. The van der Waals surface area contributed by atoms with Gasteiger partial charge in [0.1, 0.15) is 11.9 Å². The molecule has 0 aliphatic carbocycles. The first-order valence-electron chi connectivity index (χ1n) is 6.46. The van der Waals surface area contributed by atoms with Crippen LogP contribution in [0.4, 0.5) is 10.1 Å². The van der Waals surface area contributed by atoms with Crippen molar-refractivity contribution in [1.29, 1.82) is 0 Å². The Morgan fingerprint density at radius 2 is 2.10 bits per heavy atom. The SMILES string of the molecule is CC(C)C1NC(=O)CCN(c2cc(Br)ccc2F)C1=O. The van der Waals surface area contributed by atoms with E-state index in [9.17, 15) is 14.0 Å². The molecule has 1 saturated heterocycles. The highest BCUT2D eigenvalue weighted by Crippen LogP contribution is 2.26. The minimum Gasteiger partial charge on any atom is -0.344 e. The molecule has 1 unspecified atom stereocenters. The highest BCUT2D eigenvalue weighted by Gasteiger charge is 2.33. The van der Waals surface area contributed by atoms with Gasteiger partial charge in [-0.3, -0.25) is 9.59 Å². The van der Waals surface area contributed by atoms with E-state index in [1.54, 1.807) is 12.1 Å². The highest BCUT2D eigenvalue weighted by atomic mass is 79.9. The second kappa shape index (κ2) is 5.91. The van der Waals surface area contributed by atoms with Crippen molar-refractivity contribution in [3.63, 3.8) is 0 Å². The first kappa shape index (κ1) is 15.0. The number of nitrogens with zero attached hydrogens (tertiary/aromatic N) is 1. The first-order valence-corrected chi connectivity index (χ1v) is 7.25. The Morgan fingerprint density at radius 3 is 2.75 bits per heavy atom. The van der Waals surface area contributed by atoms with E-state index in [0.717, 1.165) is 0 Å². The Hall–Kier alpha value is -1.43. The quantitative estimate of drug-likeness (QED) is 0.897. The molecule has 1 aromatic rings. The maximum Gasteiger partial charge on any atom is 0.249 e. The zero-order valence-electron chi connectivity index (χ0n) is 11.3. The molecule has 1 aliphatic heterocycles. The molecule has 0 saturated carbocycles. The van der Waals surface area contributed by atoms with Gasteiger partial charge in [0, 0.05) is 17.4 Å². The van der Waals surface area contributed by atoms with Crippen molar-refractivity contribution in [2.24, 2.45) is 5.92 Å². The minimum absolute atomic E-state index is 0.0535. The summed E-state index contributed by atoms with van der Waals surface area (Å²) >= 11 is 3.27. The first-order chi connectivity index (χ1) is 9.40. The monoisotopic (exact) mass is 342 g/mol. The Balaban J connectivity index is 2.41. The summed E-state index contributed by atoms with van der Waals surface area (Å²) in [6, 6.07) is 3.81. The van der Waals surface area contributed by atoms with Gasteiger partial charge in [-0.1, -0.05) is 29.8 Å². The Morgan fingerprint density at radius 1 is 1.40 bits per heavy atom. The summed E-state index contributed by atoms with van der Waals surface area (Å²) in [4.78, 5) is 25.6. The molecular formula is C14H16BrFN2O2. The molecule has 0 aromatic heterocycles. The fourth-order valence-corrected chi connectivity index (χ4v) is 2.53. The number of halogens is 2. The van der Waals surface area contributed by atoms with Crippen molar-refractivity contribution in [3.05, 3.63) is 28.5 Å². The summed E-state index contributed by atoms with van der Waals surface area (Å²) in [6.07, 6.45) is 0.168. The predicted octanol–water partition coefficient (Wildman–Crippen LogP) is 2.47. The van der Waals surface area contributed by atoms with Gasteiger partial charge in [0.2, 0.25) is 11.8 Å². The third-order valence-electron chi connectivity index (χ3n) is 3.28. The second-order valence-electron chi connectivity index (χ2n) is 5.12. The Labute approximate surface area is 125 Å². The van der Waals surface area contributed by atoms with Crippen LogP contribution < -0.4 is 10.2 Å². The Bertz CT molecular complexity index is 548. The molecule has 4 nitrogen and oxygen atoms in total. The molecule has 2 amide bonds. The lowest BCUT2D eigenvalue weighted by Crippen LogP contribution is -2.48. The van der Waals surface area contributed by atoms with Crippen molar-refractivity contribution in [2.75, 3.05) is 11.4 Å². The van der Waals surface area contributed by atoms with E-state index in [1.807, 2.05) is 13.8 Å². The summed E-state index contributed by atoms with van der Waals surface area (Å²) in [5.74, 6) is -0.988. The fraction of sp³-hybridized carbons (Fsp3) is 0.429. The number of carbonyl (C=O) groups is 2. The third kappa shape index (κ3) is 3.00. The summed E-state index contributed by atoms with van der Waals surface area (Å²) < 4.78 is 14.7. The largest absolute Gasteiger partial charge is 0.344 e. The van der Waals surface area contributed by atoms with Gasteiger partial charge < -0.3 is 10.2 Å². The van der Waals surface area contributed by atoms with Crippen LogP contribution in [0, 0.1) is 11.7 Å². The van der Waals surface area contributed by atoms with E-state index in [4.69, 9.17) is 0 Å². The molecule has 0 spiro atoms. The van der Waals surface area contributed by atoms with Crippen molar-refractivity contribution >= 4 is 33.4 Å². The summed E-state index contributed by atoms with van der Waals surface area (Å²) in [7, 11) is 0. The lowest BCUT2D eigenvalue weighted by Gasteiger charge is -2.26. The number of amides is 2. The number of benzene rings is 1. The summed E-state index contributed by atoms with van der Waals surface area (Å²) in [5.41, 5.74) is 0.200. The predicted molar refractivity (Wildman–Crippen MR) is 77.8 cm³/mol. The molecule has 6 heteroatoms. The number of rotatable bonds is 2. The van der Waals surface area contributed by atoms with Gasteiger partial charge in [0.15, 0.2) is 0 Å². The average Bonchev–Trinajstić information content (AvgIpc) is 2.53. The molecule has 0 bridgehead atoms. The van der Waals surface area contributed by atoms with Crippen LogP contribution in [0.1, 0.15) is 20.3 Å². The zero-order valence-corrected chi connectivity index (χ0v) is 12.9. The molecule has 20 heavy (non-hydrogen) atoms. The van der Waals surface area contributed by atoms with Crippen LogP contribution in [0.25, 0.3) is 0 Å². The van der Waals surface area contributed by atoms with Crippen molar-refractivity contribution in [1.82, 2.24) is 5.32 Å². The molecule has 1 aromatic carbocycles. The van der Waals surface area contributed by atoms with Crippen LogP contribution in [0.3, 0.4) is 0 Å². The molecular weight excluding hydrogens is 327 g/mol. The Kier molecular flexibility index (Phi) is 4.42. The van der Waals surface area contributed by atoms with Gasteiger partial charge in [0.05, 0.1) is 5.69 Å². The van der Waals surface area contributed by atoms with Crippen LogP contribution in [-0.4, -0.2) is 24.4 Å². The molecule has 2 rings (SSSR count). The van der Waals surface area contributed by atoms with Crippen LogP contribution >= 0.6 is 15.9 Å².